The van der Waals surface area contributed by atoms with Crippen molar-refractivity contribution in [2.24, 2.45) is 0 Å². The molecule has 0 aliphatic heterocycles. The van der Waals surface area contributed by atoms with Gasteiger partial charge in [0.05, 0.1) is 12.7 Å². The molecule has 0 fully saturated rings. The third-order valence-electron chi connectivity index (χ3n) is 3.22. The third-order valence-corrected chi connectivity index (χ3v) is 3.22. The number of ether oxygens (including phenoxy) is 1. The van der Waals surface area contributed by atoms with Gasteiger partial charge < -0.3 is 4.74 Å². The van der Waals surface area contributed by atoms with Gasteiger partial charge in [-0.15, -0.1) is 0 Å². The average Bonchev–Trinajstić information content (AvgIpc) is 2.41. The molecule has 0 bridgehead atoms. The largest absolute Gasteiger partial charge is 0.372 e. The number of hydrogen-bond acceptors (Lipinski definition) is 3. The van der Waals surface area contributed by atoms with E-state index in [0.29, 0.717) is 12.6 Å². The molecule has 3 heteroatoms. The molecule has 0 aromatic heterocycles. The maximum Gasteiger partial charge on any atom is 0.0721 e. The van der Waals surface area contributed by atoms with E-state index in [2.05, 4.69) is 43.5 Å². The summed E-state index contributed by atoms with van der Waals surface area (Å²) < 4.78 is 6.00. The van der Waals surface area contributed by atoms with E-state index in [4.69, 9.17) is 4.74 Å². The number of hydrogen-bond donors (Lipinski definition) is 1. The minimum atomic E-state index is 0.203. The van der Waals surface area contributed by atoms with Crippen LogP contribution in [0.3, 0.4) is 0 Å². The number of nitrogens with zero attached hydrogens (tertiary/aromatic N) is 1. The fourth-order valence-electron chi connectivity index (χ4n) is 2.08. The molecular weight excluding hydrogens is 236 g/mol. The fraction of sp³-hybridized carbons (Fsp3) is 0.625. The van der Waals surface area contributed by atoms with E-state index in [1.165, 1.54) is 18.4 Å². The molecule has 1 rings (SSSR count). The molecule has 108 valence electrons. The van der Waals surface area contributed by atoms with E-state index in [1.54, 1.807) is 0 Å². The highest BCUT2D eigenvalue weighted by molar-refractivity contribution is 5.13. The number of unbranched alkanes of at least 4 members (excludes halogenated alkanes) is 1. The molecule has 1 aromatic rings. The second-order valence-corrected chi connectivity index (χ2v) is 5.27. The predicted molar refractivity (Wildman–Crippen MR) is 80.8 cm³/mol. The molecule has 3 nitrogen and oxygen atoms in total. The van der Waals surface area contributed by atoms with Gasteiger partial charge in [-0.25, -0.2) is 0 Å². The highest BCUT2D eigenvalue weighted by Gasteiger charge is 2.17. The summed E-state index contributed by atoms with van der Waals surface area (Å²) in [6.45, 7) is 5.06. The SMILES string of the molecule is CCCC[C@H](NN(C)C)[C@H](C)OCc1ccccc1. The van der Waals surface area contributed by atoms with Crippen molar-refractivity contribution < 1.29 is 4.74 Å². The van der Waals surface area contributed by atoms with Crippen LogP contribution in [0.25, 0.3) is 0 Å². The third kappa shape index (κ3) is 6.71. The summed E-state index contributed by atoms with van der Waals surface area (Å²) in [6, 6.07) is 10.7. The Morgan fingerprint density at radius 1 is 1.21 bits per heavy atom. The first kappa shape index (κ1) is 16.2. The monoisotopic (exact) mass is 264 g/mol. The van der Waals surface area contributed by atoms with Gasteiger partial charge in [-0.1, -0.05) is 50.1 Å². The zero-order valence-electron chi connectivity index (χ0n) is 12.7. The van der Waals surface area contributed by atoms with Crippen LogP contribution in [0.5, 0.6) is 0 Å². The molecule has 0 amide bonds. The number of nitrogens with one attached hydrogen (secondary N) is 1. The molecule has 1 N–H and O–H groups in total. The molecule has 0 saturated carbocycles. The summed E-state index contributed by atoms with van der Waals surface area (Å²) in [7, 11) is 4.06. The van der Waals surface area contributed by atoms with Crippen molar-refractivity contribution in [1.82, 2.24) is 10.4 Å². The van der Waals surface area contributed by atoms with Crippen molar-refractivity contribution in [2.45, 2.75) is 51.9 Å². The van der Waals surface area contributed by atoms with E-state index >= 15 is 0 Å². The Balaban J connectivity index is 2.44. The second-order valence-electron chi connectivity index (χ2n) is 5.27. The van der Waals surface area contributed by atoms with Crippen LogP contribution >= 0.6 is 0 Å². The van der Waals surface area contributed by atoms with Crippen LogP contribution in [0, 0.1) is 0 Å². The van der Waals surface area contributed by atoms with Crippen LogP contribution in [0.4, 0.5) is 0 Å². The molecule has 0 aliphatic carbocycles. The van der Waals surface area contributed by atoms with Crippen LogP contribution < -0.4 is 5.43 Å². The first-order valence-corrected chi connectivity index (χ1v) is 7.22. The molecule has 0 heterocycles. The number of benzene rings is 1. The van der Waals surface area contributed by atoms with E-state index in [-0.39, 0.29) is 6.10 Å². The first-order chi connectivity index (χ1) is 9.13. The van der Waals surface area contributed by atoms with Gasteiger partial charge in [0.2, 0.25) is 0 Å². The van der Waals surface area contributed by atoms with E-state index in [1.807, 2.05) is 25.2 Å². The molecule has 1 aromatic carbocycles. The first-order valence-electron chi connectivity index (χ1n) is 7.22. The van der Waals surface area contributed by atoms with Crippen molar-refractivity contribution in [2.75, 3.05) is 14.1 Å². The second kappa shape index (κ2) is 9.08. The zero-order chi connectivity index (χ0) is 14.1. The maximum atomic E-state index is 6.00. The lowest BCUT2D eigenvalue weighted by molar-refractivity contribution is 0.00720. The van der Waals surface area contributed by atoms with E-state index < -0.39 is 0 Å². The zero-order valence-corrected chi connectivity index (χ0v) is 12.7. The standard InChI is InChI=1S/C16H28N2O/c1-5-6-12-16(17-18(3)4)14(2)19-13-15-10-8-7-9-11-15/h7-11,14,16-17H,5-6,12-13H2,1-4H3/t14-,16-/m0/s1. The number of hydrazine groups is 1. The van der Waals surface area contributed by atoms with Crippen LogP contribution in [-0.2, 0) is 11.3 Å². The smallest absolute Gasteiger partial charge is 0.0721 e. The van der Waals surface area contributed by atoms with Crippen LogP contribution in [0.1, 0.15) is 38.7 Å². The Kier molecular flexibility index (Phi) is 7.72. The fourth-order valence-corrected chi connectivity index (χ4v) is 2.08. The molecule has 0 unspecified atom stereocenters. The minimum Gasteiger partial charge on any atom is -0.372 e. The van der Waals surface area contributed by atoms with Crippen molar-refractivity contribution in [3.63, 3.8) is 0 Å². The van der Waals surface area contributed by atoms with Crippen molar-refractivity contribution in [3.05, 3.63) is 35.9 Å². The van der Waals surface area contributed by atoms with Crippen LogP contribution in [0.15, 0.2) is 30.3 Å². The number of rotatable bonds is 9. The Hall–Kier alpha value is -0.900. The molecule has 19 heavy (non-hydrogen) atoms. The molecule has 2 atom stereocenters. The lowest BCUT2D eigenvalue weighted by atomic mass is 10.1. The topological polar surface area (TPSA) is 24.5 Å². The highest BCUT2D eigenvalue weighted by atomic mass is 16.5. The highest BCUT2D eigenvalue weighted by Crippen LogP contribution is 2.11. The van der Waals surface area contributed by atoms with Gasteiger partial charge in [-0.05, 0) is 18.9 Å². The lowest BCUT2D eigenvalue weighted by Gasteiger charge is -2.28. The van der Waals surface area contributed by atoms with E-state index in [9.17, 15) is 0 Å². The van der Waals surface area contributed by atoms with Crippen molar-refractivity contribution in [3.8, 4) is 0 Å². The molecule has 0 spiro atoms. The Morgan fingerprint density at radius 3 is 2.47 bits per heavy atom. The quantitative estimate of drug-likeness (QED) is 0.693. The Bertz CT molecular complexity index is 327. The molecule has 0 aliphatic rings. The van der Waals surface area contributed by atoms with Gasteiger partial charge in [0, 0.05) is 20.1 Å². The van der Waals surface area contributed by atoms with Gasteiger partial charge in [-0.3, -0.25) is 10.4 Å². The van der Waals surface area contributed by atoms with Crippen molar-refractivity contribution in [1.29, 1.82) is 0 Å². The van der Waals surface area contributed by atoms with Crippen LogP contribution in [0.2, 0.25) is 0 Å². The summed E-state index contributed by atoms with van der Waals surface area (Å²) >= 11 is 0. The van der Waals surface area contributed by atoms with Crippen molar-refractivity contribution >= 4 is 0 Å². The van der Waals surface area contributed by atoms with E-state index in [0.717, 1.165) is 6.42 Å². The van der Waals surface area contributed by atoms with Crippen LogP contribution in [-0.4, -0.2) is 31.3 Å². The Morgan fingerprint density at radius 2 is 1.89 bits per heavy atom. The summed E-state index contributed by atoms with van der Waals surface area (Å²) in [4.78, 5) is 0. The molecular formula is C16H28N2O. The Labute approximate surface area is 117 Å². The summed E-state index contributed by atoms with van der Waals surface area (Å²) in [6.07, 6.45) is 3.79. The maximum absolute atomic E-state index is 6.00. The summed E-state index contributed by atoms with van der Waals surface area (Å²) in [5.41, 5.74) is 4.69. The molecule has 0 radical (unpaired) electrons. The molecule has 0 saturated heterocycles. The van der Waals surface area contributed by atoms with Gasteiger partial charge in [-0.2, -0.15) is 0 Å². The van der Waals surface area contributed by atoms with Gasteiger partial charge in [0.1, 0.15) is 0 Å². The van der Waals surface area contributed by atoms with Gasteiger partial charge in [0.25, 0.3) is 0 Å². The summed E-state index contributed by atoms with van der Waals surface area (Å²) in [5, 5.41) is 2.02. The average molecular weight is 264 g/mol. The van der Waals surface area contributed by atoms with Gasteiger partial charge in [0.15, 0.2) is 0 Å². The normalized spacial score (nSPS) is 14.6. The lowest BCUT2D eigenvalue weighted by Crippen LogP contribution is -2.46. The predicted octanol–water partition coefficient (Wildman–Crippen LogP) is 3.22. The minimum absolute atomic E-state index is 0.203. The van der Waals surface area contributed by atoms with Gasteiger partial charge >= 0.3 is 0 Å². The summed E-state index contributed by atoms with van der Waals surface area (Å²) in [5.74, 6) is 0.